The average molecular weight is 368 g/mol. The van der Waals surface area contributed by atoms with E-state index in [4.69, 9.17) is 9.84 Å². The molecule has 0 saturated carbocycles. The lowest BCUT2D eigenvalue weighted by molar-refractivity contribution is -0.137. The van der Waals surface area contributed by atoms with Crippen LogP contribution >= 0.6 is 0 Å². The quantitative estimate of drug-likeness (QED) is 0.490. The number of hydrogen-bond donors (Lipinski definition) is 3. The number of benzene rings is 2. The van der Waals surface area contributed by atoms with E-state index >= 15 is 0 Å². The second kappa shape index (κ2) is 7.90. The van der Waals surface area contributed by atoms with Crippen LogP contribution in [0.5, 0.6) is 5.75 Å². The third kappa shape index (κ3) is 3.76. The van der Waals surface area contributed by atoms with E-state index in [1.54, 1.807) is 48.5 Å². The molecule has 1 saturated heterocycles. The Morgan fingerprint density at radius 1 is 1.00 bits per heavy atom. The first-order chi connectivity index (χ1) is 13.0. The van der Waals surface area contributed by atoms with E-state index in [1.807, 2.05) is 6.07 Å². The van der Waals surface area contributed by atoms with Crippen LogP contribution in [-0.2, 0) is 15.1 Å². The van der Waals surface area contributed by atoms with Gasteiger partial charge in [0.2, 0.25) is 0 Å². The number of urea groups is 1. The number of carbonyl (C=O) groups is 3. The molecule has 0 aliphatic carbocycles. The maximum absolute atomic E-state index is 12.8. The number of hydrogen-bond acceptors (Lipinski definition) is 4. The minimum atomic E-state index is -1.38. The maximum Gasteiger partial charge on any atom is 0.322 e. The van der Waals surface area contributed by atoms with Crippen LogP contribution in [0.4, 0.5) is 4.79 Å². The number of aliphatic carboxylic acids is 1. The van der Waals surface area contributed by atoms with E-state index in [9.17, 15) is 14.4 Å². The number of carbonyl (C=O) groups excluding carboxylic acids is 2. The van der Waals surface area contributed by atoms with Crippen LogP contribution in [0.1, 0.15) is 30.4 Å². The van der Waals surface area contributed by atoms with E-state index in [0.717, 1.165) is 0 Å². The van der Waals surface area contributed by atoms with Gasteiger partial charge in [0.05, 0.1) is 6.61 Å². The Morgan fingerprint density at radius 2 is 1.70 bits per heavy atom. The molecule has 0 bridgehead atoms. The van der Waals surface area contributed by atoms with Gasteiger partial charge in [0.15, 0.2) is 5.54 Å². The molecule has 0 aromatic heterocycles. The van der Waals surface area contributed by atoms with Crippen LogP contribution in [0.3, 0.4) is 0 Å². The Labute approximate surface area is 156 Å². The highest BCUT2D eigenvalue weighted by molar-refractivity contribution is 6.09. The molecule has 3 N–H and O–H groups in total. The highest BCUT2D eigenvalue weighted by atomic mass is 16.5. The molecule has 1 aliphatic heterocycles. The fourth-order valence-corrected chi connectivity index (χ4v) is 3.15. The van der Waals surface area contributed by atoms with Crippen molar-refractivity contribution in [2.24, 2.45) is 0 Å². The van der Waals surface area contributed by atoms with E-state index in [1.165, 1.54) is 0 Å². The number of para-hydroxylation sites is 1. The van der Waals surface area contributed by atoms with Crippen molar-refractivity contribution in [3.63, 3.8) is 0 Å². The van der Waals surface area contributed by atoms with Crippen LogP contribution in [0, 0.1) is 0 Å². The van der Waals surface area contributed by atoms with Crippen molar-refractivity contribution in [2.75, 3.05) is 6.61 Å². The SMILES string of the molecule is O=C(O)CCCCOc1ccccc1C1(c2ccccc2)NC(=O)NC1=O. The summed E-state index contributed by atoms with van der Waals surface area (Å²) in [6.45, 7) is 0.310. The molecule has 7 heteroatoms. The number of ether oxygens (including phenoxy) is 1. The predicted molar refractivity (Wildman–Crippen MR) is 97.3 cm³/mol. The summed E-state index contributed by atoms with van der Waals surface area (Å²) in [7, 11) is 0. The van der Waals surface area contributed by atoms with Crippen molar-refractivity contribution in [3.8, 4) is 5.75 Å². The third-order valence-electron chi connectivity index (χ3n) is 4.41. The minimum absolute atomic E-state index is 0.0808. The lowest BCUT2D eigenvalue weighted by Crippen LogP contribution is -2.45. The van der Waals surface area contributed by atoms with Crippen molar-refractivity contribution in [1.82, 2.24) is 10.6 Å². The van der Waals surface area contributed by atoms with Gasteiger partial charge in [0, 0.05) is 12.0 Å². The van der Waals surface area contributed by atoms with Gasteiger partial charge in [-0.15, -0.1) is 0 Å². The number of nitrogens with one attached hydrogen (secondary N) is 2. The summed E-state index contributed by atoms with van der Waals surface area (Å²) < 4.78 is 5.84. The maximum atomic E-state index is 12.8. The van der Waals surface area contributed by atoms with Crippen molar-refractivity contribution in [3.05, 3.63) is 65.7 Å². The standard InChI is InChI=1S/C20H20N2O5/c23-17(24)12-6-7-13-27-16-11-5-4-10-15(16)20(14-8-2-1-3-9-14)18(25)21-19(26)22-20/h1-5,8-11H,6-7,12-13H2,(H,23,24)(H2,21,22,25,26). The van der Waals surface area contributed by atoms with E-state index < -0.39 is 23.4 Å². The van der Waals surface area contributed by atoms with E-state index in [2.05, 4.69) is 10.6 Å². The van der Waals surface area contributed by atoms with Gasteiger partial charge in [-0.25, -0.2) is 4.79 Å². The topological polar surface area (TPSA) is 105 Å². The number of rotatable bonds is 8. The lowest BCUT2D eigenvalue weighted by atomic mass is 9.82. The molecule has 1 fully saturated rings. The first kappa shape index (κ1) is 18.4. The molecule has 7 nitrogen and oxygen atoms in total. The second-order valence-electron chi connectivity index (χ2n) is 6.22. The fourth-order valence-electron chi connectivity index (χ4n) is 3.15. The molecule has 3 rings (SSSR count). The number of amides is 3. The lowest BCUT2D eigenvalue weighted by Gasteiger charge is -2.29. The van der Waals surface area contributed by atoms with Crippen molar-refractivity contribution < 1.29 is 24.2 Å². The summed E-state index contributed by atoms with van der Waals surface area (Å²) in [6.07, 6.45) is 1.15. The van der Waals surface area contributed by atoms with Gasteiger partial charge in [-0.3, -0.25) is 14.9 Å². The van der Waals surface area contributed by atoms with Crippen LogP contribution < -0.4 is 15.4 Å². The molecule has 2 aromatic carbocycles. The summed E-state index contributed by atoms with van der Waals surface area (Å²) >= 11 is 0. The molecule has 1 unspecified atom stereocenters. The molecular weight excluding hydrogens is 348 g/mol. The second-order valence-corrected chi connectivity index (χ2v) is 6.22. The minimum Gasteiger partial charge on any atom is -0.493 e. The monoisotopic (exact) mass is 368 g/mol. The zero-order valence-corrected chi connectivity index (χ0v) is 14.6. The Hall–Kier alpha value is -3.35. The first-order valence-electron chi connectivity index (χ1n) is 8.67. The normalized spacial score (nSPS) is 18.7. The van der Waals surface area contributed by atoms with Gasteiger partial charge in [0.25, 0.3) is 5.91 Å². The summed E-state index contributed by atoms with van der Waals surface area (Å²) in [5, 5.41) is 13.8. The molecule has 2 aromatic rings. The molecule has 140 valence electrons. The number of carboxylic acid groups (broad SMARTS) is 1. The fraction of sp³-hybridized carbons (Fsp3) is 0.250. The summed E-state index contributed by atoms with van der Waals surface area (Å²) in [5.41, 5.74) is -0.233. The Bertz CT molecular complexity index is 852. The summed E-state index contributed by atoms with van der Waals surface area (Å²) in [5.74, 6) is -0.849. The van der Waals surface area contributed by atoms with Gasteiger partial charge in [-0.2, -0.15) is 0 Å². The number of unbranched alkanes of at least 4 members (excludes halogenated alkanes) is 1. The Balaban J connectivity index is 1.91. The first-order valence-corrected chi connectivity index (χ1v) is 8.67. The predicted octanol–water partition coefficient (Wildman–Crippen LogP) is 2.40. The van der Waals surface area contributed by atoms with Gasteiger partial charge < -0.3 is 15.2 Å². The van der Waals surface area contributed by atoms with E-state index in [-0.39, 0.29) is 6.42 Å². The Kier molecular flexibility index (Phi) is 5.40. The molecule has 3 amide bonds. The molecule has 0 spiro atoms. The number of carboxylic acids is 1. The van der Waals surface area contributed by atoms with Crippen molar-refractivity contribution in [1.29, 1.82) is 0 Å². The van der Waals surface area contributed by atoms with Gasteiger partial charge in [-0.05, 0) is 24.5 Å². The largest absolute Gasteiger partial charge is 0.493 e. The molecule has 1 atom stereocenters. The molecule has 27 heavy (non-hydrogen) atoms. The van der Waals surface area contributed by atoms with Crippen LogP contribution in [-0.4, -0.2) is 29.6 Å². The summed E-state index contributed by atoms with van der Waals surface area (Å²) in [6, 6.07) is 15.4. The van der Waals surface area contributed by atoms with Crippen LogP contribution in [0.2, 0.25) is 0 Å². The molecule has 0 radical (unpaired) electrons. The smallest absolute Gasteiger partial charge is 0.322 e. The third-order valence-corrected chi connectivity index (χ3v) is 4.41. The highest BCUT2D eigenvalue weighted by Gasteiger charge is 2.50. The number of imide groups is 1. The molecular formula is C20H20N2O5. The molecule has 1 aliphatic rings. The zero-order chi connectivity index (χ0) is 19.3. The van der Waals surface area contributed by atoms with Crippen molar-refractivity contribution in [2.45, 2.75) is 24.8 Å². The zero-order valence-electron chi connectivity index (χ0n) is 14.6. The van der Waals surface area contributed by atoms with Gasteiger partial charge in [0.1, 0.15) is 5.75 Å². The highest BCUT2D eigenvalue weighted by Crippen LogP contribution is 2.38. The van der Waals surface area contributed by atoms with E-state index in [0.29, 0.717) is 36.3 Å². The van der Waals surface area contributed by atoms with Crippen molar-refractivity contribution >= 4 is 17.9 Å². The summed E-state index contributed by atoms with van der Waals surface area (Å²) in [4.78, 5) is 35.3. The van der Waals surface area contributed by atoms with Gasteiger partial charge >= 0.3 is 12.0 Å². The molecule has 1 heterocycles. The van der Waals surface area contributed by atoms with Crippen LogP contribution in [0.25, 0.3) is 0 Å². The van der Waals surface area contributed by atoms with Gasteiger partial charge in [-0.1, -0.05) is 48.5 Å². The Morgan fingerprint density at radius 3 is 2.37 bits per heavy atom. The average Bonchev–Trinajstić information content (AvgIpc) is 2.97. The van der Waals surface area contributed by atoms with Crippen LogP contribution in [0.15, 0.2) is 54.6 Å².